The molecule has 0 saturated carbocycles. The molecule has 2 unspecified atom stereocenters. The standard InChI is InChI=1S/C48H86N4O4/c1-7-9-11-13-15-17-19-21-23-25-27-31-35-51(47(55)43(49)37-39(3)4)45(53)41-33-29-30-34-42(41)46(54)52(48(56)44(50)38-40(5)6)36-32-28-26-24-22-20-18-16-14-12-10-8-2/h29-30,33-34,39-40,43-44H,7-28,31-32,35-38,49-50H2,1-6H3. The fourth-order valence-electron chi connectivity index (χ4n) is 7.61. The number of hydrogen-bond donors (Lipinski definition) is 2. The van der Waals surface area contributed by atoms with E-state index >= 15 is 0 Å². The first-order chi connectivity index (χ1) is 27.0. The molecule has 0 bridgehead atoms. The molecule has 0 aliphatic heterocycles. The molecule has 0 aliphatic carbocycles. The van der Waals surface area contributed by atoms with Crippen LogP contribution in [0, 0.1) is 11.8 Å². The summed E-state index contributed by atoms with van der Waals surface area (Å²) in [6, 6.07) is 4.94. The van der Waals surface area contributed by atoms with E-state index in [1.807, 2.05) is 27.7 Å². The summed E-state index contributed by atoms with van der Waals surface area (Å²) < 4.78 is 0. The number of nitrogens with zero attached hydrogens (tertiary/aromatic N) is 2. The topological polar surface area (TPSA) is 127 Å². The van der Waals surface area contributed by atoms with Crippen LogP contribution in [0.15, 0.2) is 24.3 Å². The van der Waals surface area contributed by atoms with E-state index < -0.39 is 35.7 Å². The minimum Gasteiger partial charge on any atom is -0.320 e. The Bertz CT molecular complexity index is 1110. The highest BCUT2D eigenvalue weighted by Crippen LogP contribution is 2.21. The smallest absolute Gasteiger partial charge is 0.261 e. The van der Waals surface area contributed by atoms with Gasteiger partial charge in [-0.05, 0) is 49.7 Å². The van der Waals surface area contributed by atoms with Crippen LogP contribution in [0.1, 0.15) is 229 Å². The van der Waals surface area contributed by atoms with Crippen molar-refractivity contribution in [1.82, 2.24) is 9.80 Å². The molecular formula is C48H86N4O4. The number of hydrogen-bond acceptors (Lipinski definition) is 6. The van der Waals surface area contributed by atoms with Gasteiger partial charge in [0.25, 0.3) is 11.8 Å². The van der Waals surface area contributed by atoms with Crippen LogP contribution >= 0.6 is 0 Å². The number of carbonyl (C=O) groups excluding carboxylic acids is 4. The molecule has 322 valence electrons. The lowest BCUT2D eigenvalue weighted by Gasteiger charge is -2.28. The number of amides is 4. The average molecular weight is 783 g/mol. The molecule has 0 heterocycles. The Balaban J connectivity index is 3.03. The molecule has 0 aromatic heterocycles. The lowest BCUT2D eigenvalue weighted by atomic mass is 10.00. The van der Waals surface area contributed by atoms with E-state index in [4.69, 9.17) is 11.5 Å². The van der Waals surface area contributed by atoms with Gasteiger partial charge >= 0.3 is 0 Å². The van der Waals surface area contributed by atoms with Gasteiger partial charge in [-0.3, -0.25) is 29.0 Å². The maximum Gasteiger partial charge on any atom is 0.261 e. The normalized spacial score (nSPS) is 12.6. The van der Waals surface area contributed by atoms with Crippen LogP contribution < -0.4 is 11.5 Å². The van der Waals surface area contributed by atoms with Crippen LogP contribution in [0.4, 0.5) is 0 Å². The molecule has 0 radical (unpaired) electrons. The minimum atomic E-state index is -0.822. The molecule has 2 atom stereocenters. The highest BCUT2D eigenvalue weighted by Gasteiger charge is 2.33. The molecule has 0 spiro atoms. The monoisotopic (exact) mass is 783 g/mol. The molecule has 8 heteroatoms. The molecule has 0 saturated heterocycles. The molecule has 1 rings (SSSR count). The summed E-state index contributed by atoms with van der Waals surface area (Å²) in [6.07, 6.45) is 29.1. The van der Waals surface area contributed by atoms with Crippen molar-refractivity contribution in [2.75, 3.05) is 13.1 Å². The van der Waals surface area contributed by atoms with Gasteiger partial charge in [-0.1, -0.05) is 195 Å². The van der Waals surface area contributed by atoms with Crippen LogP contribution in [0.3, 0.4) is 0 Å². The van der Waals surface area contributed by atoms with Gasteiger partial charge in [-0.2, -0.15) is 0 Å². The molecule has 8 nitrogen and oxygen atoms in total. The third-order valence-corrected chi connectivity index (χ3v) is 11.0. The summed E-state index contributed by atoms with van der Waals surface area (Å²) in [5, 5.41) is 0. The first-order valence-electron chi connectivity index (χ1n) is 23.3. The summed E-state index contributed by atoms with van der Waals surface area (Å²) in [5.74, 6) is -1.55. The van der Waals surface area contributed by atoms with Gasteiger partial charge in [-0.25, -0.2) is 0 Å². The predicted molar refractivity (Wildman–Crippen MR) is 236 cm³/mol. The second kappa shape index (κ2) is 32.4. The maximum atomic E-state index is 14.3. The molecule has 4 N–H and O–H groups in total. The van der Waals surface area contributed by atoms with Gasteiger partial charge in [0, 0.05) is 13.1 Å². The Morgan fingerprint density at radius 1 is 0.446 bits per heavy atom. The Morgan fingerprint density at radius 3 is 0.946 bits per heavy atom. The molecule has 0 aliphatic rings. The number of nitrogens with two attached hydrogens (primary N) is 2. The minimum absolute atomic E-state index is 0.117. The van der Waals surface area contributed by atoms with E-state index in [-0.39, 0.29) is 36.1 Å². The van der Waals surface area contributed by atoms with Gasteiger partial charge in [0.2, 0.25) is 11.8 Å². The van der Waals surface area contributed by atoms with Crippen molar-refractivity contribution in [2.24, 2.45) is 23.3 Å². The number of carbonyl (C=O) groups is 4. The van der Waals surface area contributed by atoms with Gasteiger partial charge in [-0.15, -0.1) is 0 Å². The lowest BCUT2D eigenvalue weighted by Crippen LogP contribution is -2.49. The third kappa shape index (κ3) is 22.4. The largest absolute Gasteiger partial charge is 0.320 e. The molecule has 1 aromatic carbocycles. The summed E-state index contributed by atoms with van der Waals surface area (Å²) in [5.41, 5.74) is 13.0. The van der Waals surface area contributed by atoms with Crippen LogP contribution in [-0.2, 0) is 9.59 Å². The predicted octanol–water partition coefficient (Wildman–Crippen LogP) is 11.8. The number of imide groups is 2. The van der Waals surface area contributed by atoms with Crippen molar-refractivity contribution >= 4 is 23.6 Å². The lowest BCUT2D eigenvalue weighted by molar-refractivity contribution is -0.131. The molecule has 0 fully saturated rings. The SMILES string of the molecule is CCCCCCCCCCCCCCN(C(=O)c1ccccc1C(=O)N(CCCCCCCCCCCCCC)C(=O)C(N)CC(C)C)C(=O)C(N)CC(C)C. The summed E-state index contributed by atoms with van der Waals surface area (Å²) in [4.78, 5) is 58.8. The molecular weight excluding hydrogens is 697 g/mol. The molecule has 4 amide bonds. The second-order valence-corrected chi connectivity index (χ2v) is 17.4. The van der Waals surface area contributed by atoms with Crippen molar-refractivity contribution in [1.29, 1.82) is 0 Å². The Kier molecular flexibility index (Phi) is 29.7. The van der Waals surface area contributed by atoms with E-state index in [9.17, 15) is 19.2 Å². The summed E-state index contributed by atoms with van der Waals surface area (Å²) >= 11 is 0. The number of benzene rings is 1. The van der Waals surface area contributed by atoms with Gasteiger partial charge < -0.3 is 11.5 Å². The van der Waals surface area contributed by atoms with E-state index in [1.165, 1.54) is 113 Å². The molecule has 56 heavy (non-hydrogen) atoms. The fourth-order valence-corrected chi connectivity index (χ4v) is 7.61. The second-order valence-electron chi connectivity index (χ2n) is 17.4. The van der Waals surface area contributed by atoms with Gasteiger partial charge in [0.1, 0.15) is 0 Å². The van der Waals surface area contributed by atoms with Gasteiger partial charge in [0.15, 0.2) is 0 Å². The Morgan fingerprint density at radius 2 is 0.696 bits per heavy atom. The Labute approximate surface area is 344 Å². The van der Waals surface area contributed by atoms with Crippen molar-refractivity contribution in [3.05, 3.63) is 35.4 Å². The quantitative estimate of drug-likeness (QED) is 0.0670. The van der Waals surface area contributed by atoms with Crippen LogP contribution in [0.25, 0.3) is 0 Å². The van der Waals surface area contributed by atoms with E-state index in [0.29, 0.717) is 25.7 Å². The zero-order chi connectivity index (χ0) is 41.6. The summed E-state index contributed by atoms with van der Waals surface area (Å²) in [6.45, 7) is 13.0. The number of rotatable bonds is 34. The van der Waals surface area contributed by atoms with Crippen molar-refractivity contribution in [2.45, 2.75) is 221 Å². The highest BCUT2D eigenvalue weighted by atomic mass is 16.2. The highest BCUT2D eigenvalue weighted by molar-refractivity contribution is 6.15. The Hall–Kier alpha value is -2.58. The van der Waals surface area contributed by atoms with Crippen molar-refractivity contribution in [3.8, 4) is 0 Å². The zero-order valence-corrected chi connectivity index (χ0v) is 37.1. The first-order valence-corrected chi connectivity index (χ1v) is 23.3. The average Bonchev–Trinajstić information content (AvgIpc) is 3.17. The molecule has 1 aromatic rings. The third-order valence-electron chi connectivity index (χ3n) is 11.0. The number of unbranched alkanes of at least 4 members (excludes halogenated alkanes) is 22. The first kappa shape index (κ1) is 51.4. The van der Waals surface area contributed by atoms with Gasteiger partial charge in [0.05, 0.1) is 23.2 Å². The van der Waals surface area contributed by atoms with Crippen molar-refractivity contribution < 1.29 is 19.2 Å². The van der Waals surface area contributed by atoms with Crippen LogP contribution in [0.2, 0.25) is 0 Å². The maximum absolute atomic E-state index is 14.3. The van der Waals surface area contributed by atoms with E-state index in [0.717, 1.165) is 38.5 Å². The van der Waals surface area contributed by atoms with Crippen LogP contribution in [-0.4, -0.2) is 58.6 Å². The zero-order valence-electron chi connectivity index (χ0n) is 37.1. The summed E-state index contributed by atoms with van der Waals surface area (Å²) in [7, 11) is 0. The fraction of sp³-hybridized carbons (Fsp3) is 0.792. The van der Waals surface area contributed by atoms with E-state index in [1.54, 1.807) is 24.3 Å². The van der Waals surface area contributed by atoms with Crippen molar-refractivity contribution in [3.63, 3.8) is 0 Å². The van der Waals surface area contributed by atoms with Crippen LogP contribution in [0.5, 0.6) is 0 Å². The van der Waals surface area contributed by atoms with E-state index in [2.05, 4.69) is 13.8 Å².